The van der Waals surface area contributed by atoms with Gasteiger partial charge in [-0.05, 0) is 12.1 Å². The summed E-state index contributed by atoms with van der Waals surface area (Å²) in [4.78, 5) is 2.48. The number of hydrogen-bond acceptors (Lipinski definition) is 4. The summed E-state index contributed by atoms with van der Waals surface area (Å²) in [7, 11) is 1.71. The van der Waals surface area contributed by atoms with Crippen LogP contribution < -0.4 is 15.0 Å². The Kier molecular flexibility index (Phi) is 2.16. The molecule has 3 nitrogen and oxygen atoms in total. The van der Waals surface area contributed by atoms with Gasteiger partial charge in [-0.1, -0.05) is 0 Å². The SMILES string of the molecule is COc1ccc2c(c1)NC[C@H]1CSCN21. The fourth-order valence-corrected chi connectivity index (χ4v) is 3.40. The van der Waals surface area contributed by atoms with Gasteiger partial charge in [-0.2, -0.15) is 0 Å². The molecule has 1 atom stereocenters. The molecule has 15 heavy (non-hydrogen) atoms. The maximum absolute atomic E-state index is 5.23. The van der Waals surface area contributed by atoms with Gasteiger partial charge in [0.2, 0.25) is 0 Å². The number of hydrogen-bond donors (Lipinski definition) is 1. The minimum Gasteiger partial charge on any atom is -0.497 e. The van der Waals surface area contributed by atoms with Crippen LogP contribution in [0.2, 0.25) is 0 Å². The third kappa shape index (κ3) is 1.44. The second-order valence-corrected chi connectivity index (χ2v) is 4.89. The minimum atomic E-state index is 0.663. The Morgan fingerprint density at radius 2 is 2.47 bits per heavy atom. The summed E-state index contributed by atoms with van der Waals surface area (Å²) >= 11 is 2.01. The highest BCUT2D eigenvalue weighted by atomic mass is 32.2. The smallest absolute Gasteiger partial charge is 0.121 e. The van der Waals surface area contributed by atoms with Gasteiger partial charge in [0.1, 0.15) is 5.75 Å². The van der Waals surface area contributed by atoms with Crippen LogP contribution in [0.4, 0.5) is 11.4 Å². The first kappa shape index (κ1) is 9.21. The van der Waals surface area contributed by atoms with Crippen molar-refractivity contribution in [2.45, 2.75) is 6.04 Å². The number of nitrogens with one attached hydrogen (secondary N) is 1. The van der Waals surface area contributed by atoms with Crippen molar-refractivity contribution in [3.63, 3.8) is 0 Å². The van der Waals surface area contributed by atoms with Gasteiger partial charge in [-0.15, -0.1) is 11.8 Å². The van der Waals surface area contributed by atoms with Crippen molar-refractivity contribution in [2.24, 2.45) is 0 Å². The molecule has 2 heterocycles. The van der Waals surface area contributed by atoms with Crippen LogP contribution in [0.15, 0.2) is 18.2 Å². The van der Waals surface area contributed by atoms with Gasteiger partial charge in [0, 0.05) is 18.4 Å². The molecule has 4 heteroatoms. The molecule has 1 aromatic carbocycles. The highest BCUT2D eigenvalue weighted by Crippen LogP contribution is 2.38. The number of anilines is 2. The molecule has 2 aliphatic rings. The van der Waals surface area contributed by atoms with E-state index in [0.717, 1.165) is 18.2 Å². The number of rotatable bonds is 1. The van der Waals surface area contributed by atoms with E-state index >= 15 is 0 Å². The summed E-state index contributed by atoms with van der Waals surface area (Å²) in [5.41, 5.74) is 2.52. The Bertz CT molecular complexity index is 383. The normalized spacial score (nSPS) is 23.0. The van der Waals surface area contributed by atoms with Gasteiger partial charge in [0.15, 0.2) is 0 Å². The zero-order chi connectivity index (χ0) is 10.3. The largest absolute Gasteiger partial charge is 0.497 e. The van der Waals surface area contributed by atoms with Crippen LogP contribution in [0.3, 0.4) is 0 Å². The van der Waals surface area contributed by atoms with E-state index in [-0.39, 0.29) is 0 Å². The van der Waals surface area contributed by atoms with E-state index in [1.165, 1.54) is 17.1 Å². The molecule has 0 unspecified atom stereocenters. The van der Waals surface area contributed by atoms with Gasteiger partial charge >= 0.3 is 0 Å². The Balaban J connectivity index is 2.00. The van der Waals surface area contributed by atoms with E-state index in [1.807, 2.05) is 17.8 Å². The topological polar surface area (TPSA) is 24.5 Å². The molecule has 0 spiro atoms. The van der Waals surface area contributed by atoms with E-state index in [1.54, 1.807) is 7.11 Å². The molecular weight excluding hydrogens is 208 g/mol. The summed E-state index contributed by atoms with van der Waals surface area (Å²) < 4.78 is 5.23. The number of nitrogens with zero attached hydrogens (tertiary/aromatic N) is 1. The molecule has 1 fully saturated rings. The molecule has 0 bridgehead atoms. The lowest BCUT2D eigenvalue weighted by atomic mass is 10.1. The molecule has 0 amide bonds. The first-order valence-corrected chi connectivity index (χ1v) is 6.30. The van der Waals surface area contributed by atoms with Crippen LogP contribution in [-0.4, -0.2) is 31.3 Å². The number of ether oxygens (including phenoxy) is 1. The van der Waals surface area contributed by atoms with Crippen LogP contribution in [0.5, 0.6) is 5.75 Å². The lowest BCUT2D eigenvalue weighted by Gasteiger charge is -2.33. The average Bonchev–Trinajstić information content (AvgIpc) is 2.76. The molecule has 0 saturated carbocycles. The zero-order valence-electron chi connectivity index (χ0n) is 8.69. The molecule has 0 aromatic heterocycles. The minimum absolute atomic E-state index is 0.663. The molecule has 2 aliphatic heterocycles. The van der Waals surface area contributed by atoms with Crippen LogP contribution in [-0.2, 0) is 0 Å². The molecule has 3 rings (SSSR count). The average molecular weight is 222 g/mol. The predicted molar refractivity (Wildman–Crippen MR) is 65.1 cm³/mol. The van der Waals surface area contributed by atoms with Crippen molar-refractivity contribution >= 4 is 23.1 Å². The van der Waals surface area contributed by atoms with Crippen LogP contribution in [0.1, 0.15) is 0 Å². The van der Waals surface area contributed by atoms with Crippen molar-refractivity contribution in [2.75, 3.05) is 35.5 Å². The van der Waals surface area contributed by atoms with E-state index in [9.17, 15) is 0 Å². The van der Waals surface area contributed by atoms with Crippen molar-refractivity contribution in [1.82, 2.24) is 0 Å². The van der Waals surface area contributed by atoms with Gasteiger partial charge < -0.3 is 15.0 Å². The predicted octanol–water partition coefficient (Wildman–Crippen LogP) is 2.00. The van der Waals surface area contributed by atoms with Gasteiger partial charge in [-0.3, -0.25) is 0 Å². The molecule has 1 N–H and O–H groups in total. The van der Waals surface area contributed by atoms with E-state index in [4.69, 9.17) is 4.74 Å². The summed E-state index contributed by atoms with van der Waals surface area (Å²) in [6, 6.07) is 6.93. The highest BCUT2D eigenvalue weighted by Gasteiger charge is 2.30. The monoisotopic (exact) mass is 222 g/mol. The zero-order valence-corrected chi connectivity index (χ0v) is 9.51. The van der Waals surface area contributed by atoms with E-state index in [2.05, 4.69) is 22.3 Å². The lowest BCUT2D eigenvalue weighted by Crippen LogP contribution is -2.40. The van der Waals surface area contributed by atoms with E-state index in [0.29, 0.717) is 6.04 Å². The second-order valence-electron chi connectivity index (χ2n) is 3.89. The highest BCUT2D eigenvalue weighted by molar-refractivity contribution is 7.99. The first-order chi connectivity index (χ1) is 7.38. The van der Waals surface area contributed by atoms with Gasteiger partial charge in [0.05, 0.1) is 30.4 Å². The number of benzene rings is 1. The fourth-order valence-electron chi connectivity index (χ4n) is 2.18. The van der Waals surface area contributed by atoms with Crippen LogP contribution in [0.25, 0.3) is 0 Å². The Morgan fingerprint density at radius 3 is 3.33 bits per heavy atom. The molecule has 0 aliphatic carbocycles. The first-order valence-electron chi connectivity index (χ1n) is 5.15. The van der Waals surface area contributed by atoms with Crippen molar-refractivity contribution in [3.05, 3.63) is 18.2 Å². The summed E-state index contributed by atoms with van der Waals surface area (Å²) in [6.45, 7) is 1.05. The summed E-state index contributed by atoms with van der Waals surface area (Å²) in [5, 5.41) is 3.47. The van der Waals surface area contributed by atoms with Gasteiger partial charge in [-0.25, -0.2) is 0 Å². The summed E-state index contributed by atoms with van der Waals surface area (Å²) in [5.74, 6) is 3.27. The quantitative estimate of drug-likeness (QED) is 0.785. The maximum atomic E-state index is 5.23. The lowest BCUT2D eigenvalue weighted by molar-refractivity contribution is 0.415. The van der Waals surface area contributed by atoms with Gasteiger partial charge in [0.25, 0.3) is 0 Å². The third-order valence-corrected chi connectivity index (χ3v) is 4.10. The Morgan fingerprint density at radius 1 is 1.53 bits per heavy atom. The maximum Gasteiger partial charge on any atom is 0.121 e. The van der Waals surface area contributed by atoms with Crippen molar-refractivity contribution in [1.29, 1.82) is 0 Å². The molecule has 1 saturated heterocycles. The Labute approximate surface area is 93.8 Å². The fraction of sp³-hybridized carbons (Fsp3) is 0.455. The number of methoxy groups -OCH3 is 1. The molecule has 0 radical (unpaired) electrons. The molecule has 80 valence electrons. The number of fused-ring (bicyclic) bond motifs is 3. The van der Waals surface area contributed by atoms with Crippen molar-refractivity contribution in [3.8, 4) is 5.75 Å². The van der Waals surface area contributed by atoms with E-state index < -0.39 is 0 Å². The Hall–Kier alpha value is -1.03. The summed E-state index contributed by atoms with van der Waals surface area (Å²) in [6.07, 6.45) is 0. The number of thioether (sulfide) groups is 1. The molecule has 1 aromatic rings. The van der Waals surface area contributed by atoms with Crippen molar-refractivity contribution < 1.29 is 4.74 Å². The second kappa shape index (κ2) is 3.52. The van der Waals surface area contributed by atoms with Crippen LogP contribution >= 0.6 is 11.8 Å². The van der Waals surface area contributed by atoms with Crippen LogP contribution in [0, 0.1) is 0 Å². The standard InChI is InChI=1S/C11H14N2OS/c1-14-9-2-3-11-10(4-9)12-5-8-6-15-7-13(8)11/h2-4,8,12H,5-7H2,1H3/t8-/m0/s1. The third-order valence-electron chi connectivity index (χ3n) is 3.02. The molecular formula is C11H14N2OS.